The lowest BCUT2D eigenvalue weighted by Gasteiger charge is -2.12. The summed E-state index contributed by atoms with van der Waals surface area (Å²) < 4.78 is 0. The number of nitrogens with zero attached hydrogens (tertiary/aromatic N) is 2. The molecule has 0 atom stereocenters. The van der Waals surface area contributed by atoms with E-state index in [0.717, 1.165) is 17.1 Å². The summed E-state index contributed by atoms with van der Waals surface area (Å²) in [6.07, 6.45) is 1.64. The van der Waals surface area contributed by atoms with Crippen LogP contribution < -0.4 is 10.8 Å². The maximum Gasteiger partial charge on any atom is 0.156 e. The van der Waals surface area contributed by atoms with Gasteiger partial charge in [0.05, 0.1) is 19.0 Å². The highest BCUT2D eigenvalue weighted by Crippen LogP contribution is 2.23. The molecule has 0 unspecified atom stereocenters. The van der Waals surface area contributed by atoms with Gasteiger partial charge in [-0.15, -0.1) is 0 Å². The minimum Gasteiger partial charge on any atom is -0.337 e. The van der Waals surface area contributed by atoms with Gasteiger partial charge in [-0.25, -0.2) is 9.97 Å². The number of hydrogen-bond acceptors (Lipinski definition) is 5. The lowest BCUT2D eigenvalue weighted by Crippen LogP contribution is -2.03. The predicted octanol–water partition coefficient (Wildman–Crippen LogP) is 3.16. The smallest absolute Gasteiger partial charge is 0.156 e. The number of aryl methyl sites for hydroxylation is 1. The maximum absolute atomic E-state index is 5.73. The second-order valence-electron chi connectivity index (χ2n) is 3.65. The van der Waals surface area contributed by atoms with Crippen molar-refractivity contribution < 1.29 is 4.84 Å². The summed E-state index contributed by atoms with van der Waals surface area (Å²) in [5.41, 5.74) is 5.22. The van der Waals surface area contributed by atoms with Gasteiger partial charge in [0.25, 0.3) is 0 Å². The number of halogens is 1. The number of rotatable bonds is 4. The van der Waals surface area contributed by atoms with Crippen LogP contribution in [0.5, 0.6) is 0 Å². The van der Waals surface area contributed by atoms with Gasteiger partial charge in [-0.3, -0.25) is 10.3 Å². The molecule has 0 bridgehead atoms. The molecule has 0 aliphatic heterocycles. The zero-order valence-corrected chi connectivity index (χ0v) is 10.8. The summed E-state index contributed by atoms with van der Waals surface area (Å²) in [7, 11) is 1.55. The Morgan fingerprint density at radius 2 is 2.06 bits per heavy atom. The van der Waals surface area contributed by atoms with Crippen molar-refractivity contribution in [3.63, 3.8) is 0 Å². The largest absolute Gasteiger partial charge is 0.337 e. The van der Waals surface area contributed by atoms with Crippen molar-refractivity contribution in [1.29, 1.82) is 0 Å². The maximum atomic E-state index is 5.73. The van der Waals surface area contributed by atoms with Crippen molar-refractivity contribution in [1.82, 2.24) is 9.97 Å². The molecule has 0 saturated heterocycles. The van der Waals surface area contributed by atoms with Crippen LogP contribution in [0.3, 0.4) is 0 Å². The molecule has 0 amide bonds. The Balaban J connectivity index is 2.26. The molecule has 6 heteroatoms. The van der Waals surface area contributed by atoms with Crippen LogP contribution in [-0.2, 0) is 4.84 Å². The van der Waals surface area contributed by atoms with Gasteiger partial charge in [0, 0.05) is 5.69 Å². The van der Waals surface area contributed by atoms with Crippen LogP contribution in [0.15, 0.2) is 30.5 Å². The average Bonchev–Trinajstić information content (AvgIpc) is 2.36. The second kappa shape index (κ2) is 5.66. The Morgan fingerprint density at radius 1 is 1.22 bits per heavy atom. The number of nitrogens with one attached hydrogen (secondary N) is 2. The van der Waals surface area contributed by atoms with E-state index in [1.165, 1.54) is 0 Å². The predicted molar refractivity (Wildman–Crippen MR) is 72.1 cm³/mol. The fourth-order valence-corrected chi connectivity index (χ4v) is 1.54. The molecule has 2 N–H and O–H groups in total. The van der Waals surface area contributed by atoms with E-state index < -0.39 is 0 Å². The molecule has 18 heavy (non-hydrogen) atoms. The minimum absolute atomic E-state index is 0.452. The van der Waals surface area contributed by atoms with Crippen molar-refractivity contribution >= 4 is 28.8 Å². The molecule has 2 heterocycles. The first-order valence-electron chi connectivity index (χ1n) is 5.34. The SMILES string of the molecule is CONc1ccc(C)nc1Nc1ccc(Cl)nc1. The molecular formula is C12H13ClN4O. The van der Waals surface area contributed by atoms with E-state index in [2.05, 4.69) is 20.8 Å². The Kier molecular flexibility index (Phi) is 3.96. The van der Waals surface area contributed by atoms with Gasteiger partial charge in [-0.1, -0.05) is 11.6 Å². The van der Waals surface area contributed by atoms with E-state index in [1.807, 2.05) is 25.1 Å². The van der Waals surface area contributed by atoms with Crippen molar-refractivity contribution in [3.8, 4) is 0 Å². The number of anilines is 3. The minimum atomic E-state index is 0.452. The molecule has 2 aromatic rings. The monoisotopic (exact) mass is 264 g/mol. The normalized spacial score (nSPS) is 10.2. The lowest BCUT2D eigenvalue weighted by atomic mass is 10.3. The van der Waals surface area contributed by atoms with Crippen LogP contribution in [0.4, 0.5) is 17.2 Å². The Bertz CT molecular complexity index is 530. The first-order valence-corrected chi connectivity index (χ1v) is 5.72. The van der Waals surface area contributed by atoms with Gasteiger partial charge in [0.1, 0.15) is 10.8 Å². The van der Waals surface area contributed by atoms with Crippen molar-refractivity contribution in [2.45, 2.75) is 6.92 Å². The van der Waals surface area contributed by atoms with Gasteiger partial charge in [-0.2, -0.15) is 0 Å². The highest BCUT2D eigenvalue weighted by atomic mass is 35.5. The van der Waals surface area contributed by atoms with E-state index in [0.29, 0.717) is 11.0 Å². The highest BCUT2D eigenvalue weighted by molar-refractivity contribution is 6.29. The van der Waals surface area contributed by atoms with Gasteiger partial charge >= 0.3 is 0 Å². The first-order chi connectivity index (χ1) is 8.69. The topological polar surface area (TPSA) is 59.1 Å². The van der Waals surface area contributed by atoms with E-state index >= 15 is 0 Å². The third-order valence-electron chi connectivity index (χ3n) is 2.24. The highest BCUT2D eigenvalue weighted by Gasteiger charge is 2.05. The molecule has 0 fully saturated rings. The molecule has 0 saturated carbocycles. The summed E-state index contributed by atoms with van der Waals surface area (Å²) in [6.45, 7) is 1.92. The zero-order valence-electron chi connectivity index (χ0n) is 10.1. The fraction of sp³-hybridized carbons (Fsp3) is 0.167. The van der Waals surface area contributed by atoms with Crippen LogP contribution in [0.25, 0.3) is 0 Å². The van der Waals surface area contributed by atoms with Gasteiger partial charge in [0.15, 0.2) is 5.82 Å². The molecule has 0 radical (unpaired) electrons. The van der Waals surface area contributed by atoms with Crippen LogP contribution in [0.2, 0.25) is 5.15 Å². The molecule has 0 aliphatic carbocycles. The van der Waals surface area contributed by atoms with Crippen molar-refractivity contribution in [3.05, 3.63) is 41.3 Å². The number of hydrogen-bond donors (Lipinski definition) is 2. The standard InChI is InChI=1S/C12H13ClN4O/c1-8-3-5-10(17-18-2)12(15-8)16-9-4-6-11(13)14-7-9/h3-7,17H,1-2H3,(H,15,16). The first kappa shape index (κ1) is 12.6. The number of aromatic nitrogens is 2. The fourth-order valence-electron chi connectivity index (χ4n) is 1.43. The van der Waals surface area contributed by atoms with Gasteiger partial charge in [0.2, 0.25) is 0 Å². The third kappa shape index (κ3) is 3.09. The second-order valence-corrected chi connectivity index (χ2v) is 4.04. The molecule has 2 aromatic heterocycles. The van der Waals surface area contributed by atoms with Crippen molar-refractivity contribution in [2.24, 2.45) is 0 Å². The molecular weight excluding hydrogens is 252 g/mol. The van der Waals surface area contributed by atoms with Crippen LogP contribution in [0.1, 0.15) is 5.69 Å². The van der Waals surface area contributed by atoms with Crippen molar-refractivity contribution in [2.75, 3.05) is 17.9 Å². The zero-order chi connectivity index (χ0) is 13.0. The van der Waals surface area contributed by atoms with Gasteiger partial charge in [-0.05, 0) is 31.2 Å². The Morgan fingerprint density at radius 3 is 2.72 bits per heavy atom. The van der Waals surface area contributed by atoms with E-state index in [1.54, 1.807) is 19.4 Å². The van der Waals surface area contributed by atoms with Crippen LogP contribution in [-0.4, -0.2) is 17.1 Å². The molecule has 2 rings (SSSR count). The average molecular weight is 265 g/mol. The summed E-state index contributed by atoms with van der Waals surface area (Å²) in [5.74, 6) is 0.668. The molecule has 5 nitrogen and oxygen atoms in total. The summed E-state index contributed by atoms with van der Waals surface area (Å²) >= 11 is 5.73. The van der Waals surface area contributed by atoms with Crippen LogP contribution in [0, 0.1) is 6.92 Å². The van der Waals surface area contributed by atoms with E-state index in [9.17, 15) is 0 Å². The summed E-state index contributed by atoms with van der Waals surface area (Å²) in [6, 6.07) is 7.32. The molecule has 94 valence electrons. The Labute approximate surface area is 110 Å². The third-order valence-corrected chi connectivity index (χ3v) is 2.46. The number of pyridine rings is 2. The molecule has 0 aliphatic rings. The van der Waals surface area contributed by atoms with E-state index in [4.69, 9.17) is 16.4 Å². The van der Waals surface area contributed by atoms with Crippen LogP contribution >= 0.6 is 11.6 Å². The van der Waals surface area contributed by atoms with E-state index in [-0.39, 0.29) is 0 Å². The lowest BCUT2D eigenvalue weighted by molar-refractivity contribution is 0.271. The summed E-state index contributed by atoms with van der Waals surface area (Å²) in [4.78, 5) is 13.3. The molecule has 0 aromatic carbocycles. The molecule has 0 spiro atoms. The summed E-state index contributed by atoms with van der Waals surface area (Å²) in [5, 5.41) is 3.60. The quantitative estimate of drug-likeness (QED) is 0.656. The Hall–Kier alpha value is -1.85. The van der Waals surface area contributed by atoms with Gasteiger partial charge < -0.3 is 5.32 Å².